The smallest absolute Gasteiger partial charge is 0.233 e. The SMILES string of the molecule is CO[C@H]1CC2C3C(CC[C@]2(C)C1)[C@@]1(C)CC(I)C(=O)N[C@@H]1C[C@@H]3C. The lowest BCUT2D eigenvalue weighted by atomic mass is 9.45. The van der Waals surface area contributed by atoms with E-state index in [2.05, 4.69) is 48.7 Å². The number of alkyl halides is 1. The van der Waals surface area contributed by atoms with Crippen LogP contribution in [0.4, 0.5) is 0 Å². The van der Waals surface area contributed by atoms with Crippen molar-refractivity contribution in [2.75, 3.05) is 7.11 Å². The molecule has 4 heteroatoms. The highest BCUT2D eigenvalue weighted by atomic mass is 127. The molecule has 136 valence electrons. The van der Waals surface area contributed by atoms with E-state index >= 15 is 0 Å². The Hall–Kier alpha value is 0.160. The Morgan fingerprint density at radius 3 is 2.67 bits per heavy atom. The van der Waals surface area contributed by atoms with Gasteiger partial charge >= 0.3 is 0 Å². The molecule has 4 fully saturated rings. The topological polar surface area (TPSA) is 38.3 Å². The van der Waals surface area contributed by atoms with Crippen LogP contribution in [-0.4, -0.2) is 29.1 Å². The molecule has 4 aliphatic rings. The van der Waals surface area contributed by atoms with Crippen molar-refractivity contribution >= 4 is 28.5 Å². The second kappa shape index (κ2) is 5.83. The lowest BCUT2D eigenvalue weighted by molar-refractivity contribution is -0.139. The van der Waals surface area contributed by atoms with Gasteiger partial charge in [0, 0.05) is 13.2 Å². The van der Waals surface area contributed by atoms with Crippen molar-refractivity contribution in [1.82, 2.24) is 5.32 Å². The van der Waals surface area contributed by atoms with Crippen LogP contribution < -0.4 is 5.32 Å². The third-order valence-electron chi connectivity index (χ3n) is 8.52. The van der Waals surface area contributed by atoms with Crippen LogP contribution in [0, 0.1) is 34.5 Å². The van der Waals surface area contributed by atoms with E-state index in [1.807, 2.05) is 7.11 Å². The second-order valence-electron chi connectivity index (χ2n) is 9.73. The fourth-order valence-corrected chi connectivity index (χ4v) is 8.38. The molecular formula is C20H32INO2. The summed E-state index contributed by atoms with van der Waals surface area (Å²) in [5.74, 6) is 3.35. The van der Waals surface area contributed by atoms with E-state index in [1.165, 1.54) is 25.7 Å². The average Bonchev–Trinajstić information content (AvgIpc) is 2.87. The highest BCUT2D eigenvalue weighted by Crippen LogP contribution is 2.65. The first kappa shape index (κ1) is 17.6. The van der Waals surface area contributed by atoms with Crippen LogP contribution in [0.1, 0.15) is 59.3 Å². The maximum Gasteiger partial charge on any atom is 0.233 e. The molecule has 0 spiro atoms. The predicted molar refractivity (Wildman–Crippen MR) is 104 cm³/mol. The number of fused-ring (bicyclic) bond motifs is 5. The Labute approximate surface area is 160 Å². The van der Waals surface area contributed by atoms with Crippen LogP contribution in [0.15, 0.2) is 0 Å². The van der Waals surface area contributed by atoms with E-state index in [-0.39, 0.29) is 15.2 Å². The molecule has 24 heavy (non-hydrogen) atoms. The summed E-state index contributed by atoms with van der Waals surface area (Å²) in [5, 5.41) is 3.39. The van der Waals surface area contributed by atoms with Crippen molar-refractivity contribution in [3.8, 4) is 0 Å². The molecule has 4 unspecified atom stereocenters. The molecule has 1 amide bonds. The zero-order valence-corrected chi connectivity index (χ0v) is 17.6. The van der Waals surface area contributed by atoms with Gasteiger partial charge in [0.1, 0.15) is 0 Å². The highest BCUT2D eigenvalue weighted by molar-refractivity contribution is 14.1. The molecule has 1 saturated heterocycles. The number of hydrogen-bond donors (Lipinski definition) is 1. The van der Waals surface area contributed by atoms with Crippen molar-refractivity contribution in [2.24, 2.45) is 34.5 Å². The van der Waals surface area contributed by atoms with Crippen LogP contribution in [0.5, 0.6) is 0 Å². The molecule has 9 atom stereocenters. The number of piperidine rings is 1. The summed E-state index contributed by atoms with van der Waals surface area (Å²) >= 11 is 2.36. The van der Waals surface area contributed by atoms with Gasteiger partial charge in [0.2, 0.25) is 5.91 Å². The van der Waals surface area contributed by atoms with Gasteiger partial charge in [-0.15, -0.1) is 0 Å². The molecule has 1 N–H and O–H groups in total. The van der Waals surface area contributed by atoms with Crippen LogP contribution in [-0.2, 0) is 9.53 Å². The lowest BCUT2D eigenvalue weighted by Gasteiger charge is -2.62. The van der Waals surface area contributed by atoms with Gasteiger partial charge in [-0.05, 0) is 73.0 Å². The first-order valence-corrected chi connectivity index (χ1v) is 11.0. The zero-order chi connectivity index (χ0) is 17.3. The predicted octanol–water partition coefficient (Wildman–Crippen LogP) is 4.18. The summed E-state index contributed by atoms with van der Waals surface area (Å²) in [6.45, 7) is 7.46. The molecule has 1 aliphatic heterocycles. The van der Waals surface area contributed by atoms with Crippen LogP contribution in [0.25, 0.3) is 0 Å². The lowest BCUT2D eigenvalue weighted by Crippen LogP contribution is -2.64. The standard InChI is InChI=1S/C20H32INO2/c1-11-7-16-20(3,10-15(21)18(23)22-16)13-5-6-19(2)9-12(24-4)8-14(19)17(11)13/h11-17H,5-10H2,1-4H3,(H,22,23)/t11-,12-,13?,14?,15?,16+,17?,19+,20+/m0/s1. The molecule has 0 aromatic carbocycles. The van der Waals surface area contributed by atoms with Gasteiger partial charge in [0.15, 0.2) is 0 Å². The first-order chi connectivity index (χ1) is 11.3. The van der Waals surface area contributed by atoms with E-state index in [9.17, 15) is 4.79 Å². The molecule has 0 bridgehead atoms. The fourth-order valence-electron chi connectivity index (χ4n) is 7.25. The molecule has 3 saturated carbocycles. The molecule has 1 heterocycles. The van der Waals surface area contributed by atoms with E-state index in [1.54, 1.807) is 0 Å². The van der Waals surface area contributed by atoms with E-state index < -0.39 is 0 Å². The van der Waals surface area contributed by atoms with Gasteiger partial charge in [-0.3, -0.25) is 4.79 Å². The number of ether oxygens (including phenoxy) is 1. The minimum absolute atomic E-state index is 0.140. The number of carbonyl (C=O) groups is 1. The Kier molecular flexibility index (Phi) is 4.27. The van der Waals surface area contributed by atoms with Gasteiger partial charge in [0.05, 0.1) is 10.0 Å². The van der Waals surface area contributed by atoms with Crippen molar-refractivity contribution in [3.05, 3.63) is 0 Å². The number of methoxy groups -OCH3 is 1. The maximum atomic E-state index is 12.2. The van der Waals surface area contributed by atoms with Gasteiger partial charge in [-0.2, -0.15) is 0 Å². The molecule has 3 aliphatic carbocycles. The minimum atomic E-state index is 0.140. The Morgan fingerprint density at radius 1 is 1.21 bits per heavy atom. The maximum absolute atomic E-state index is 12.2. The Morgan fingerprint density at radius 2 is 1.96 bits per heavy atom. The summed E-state index contributed by atoms with van der Waals surface area (Å²) in [5.41, 5.74) is 0.754. The minimum Gasteiger partial charge on any atom is -0.381 e. The third kappa shape index (κ3) is 2.41. The Bertz CT molecular complexity index is 540. The molecule has 0 aromatic rings. The number of rotatable bonds is 1. The number of hydrogen-bond acceptors (Lipinski definition) is 2. The molecule has 3 nitrogen and oxygen atoms in total. The van der Waals surface area contributed by atoms with E-state index in [0.29, 0.717) is 23.5 Å². The summed E-state index contributed by atoms with van der Waals surface area (Å²) in [7, 11) is 1.89. The summed E-state index contributed by atoms with van der Waals surface area (Å²) < 4.78 is 5.93. The number of carbonyl (C=O) groups excluding carboxylic acids is 1. The number of nitrogens with one attached hydrogen (secondary N) is 1. The van der Waals surface area contributed by atoms with Gasteiger partial charge < -0.3 is 10.1 Å². The number of halogens is 1. The average molecular weight is 445 g/mol. The van der Waals surface area contributed by atoms with Gasteiger partial charge in [0.25, 0.3) is 0 Å². The normalized spacial score (nSPS) is 56.9. The molecule has 0 radical (unpaired) electrons. The van der Waals surface area contributed by atoms with Crippen LogP contribution in [0.2, 0.25) is 0 Å². The monoisotopic (exact) mass is 445 g/mol. The second-order valence-corrected chi connectivity index (χ2v) is 11.2. The molecule has 0 aromatic heterocycles. The van der Waals surface area contributed by atoms with Gasteiger partial charge in [-0.1, -0.05) is 43.4 Å². The zero-order valence-electron chi connectivity index (χ0n) is 15.5. The largest absolute Gasteiger partial charge is 0.381 e. The molecular weight excluding hydrogens is 413 g/mol. The van der Waals surface area contributed by atoms with Crippen molar-refractivity contribution in [3.63, 3.8) is 0 Å². The van der Waals surface area contributed by atoms with E-state index in [4.69, 9.17) is 4.74 Å². The first-order valence-electron chi connectivity index (χ1n) is 9.76. The van der Waals surface area contributed by atoms with E-state index in [0.717, 1.165) is 30.6 Å². The Balaban J connectivity index is 1.67. The van der Waals surface area contributed by atoms with Crippen LogP contribution >= 0.6 is 22.6 Å². The van der Waals surface area contributed by atoms with Crippen molar-refractivity contribution in [1.29, 1.82) is 0 Å². The fraction of sp³-hybridized carbons (Fsp3) is 0.950. The highest BCUT2D eigenvalue weighted by Gasteiger charge is 2.62. The van der Waals surface area contributed by atoms with Crippen LogP contribution in [0.3, 0.4) is 0 Å². The summed E-state index contributed by atoms with van der Waals surface area (Å²) in [4.78, 5) is 12.2. The molecule has 4 rings (SSSR count). The summed E-state index contributed by atoms with van der Waals surface area (Å²) in [6.07, 6.45) is 7.86. The van der Waals surface area contributed by atoms with Gasteiger partial charge in [-0.25, -0.2) is 0 Å². The van der Waals surface area contributed by atoms with Crippen molar-refractivity contribution < 1.29 is 9.53 Å². The number of amides is 1. The van der Waals surface area contributed by atoms with Crippen molar-refractivity contribution in [2.45, 2.75) is 75.4 Å². The quantitative estimate of drug-likeness (QED) is 0.486. The third-order valence-corrected chi connectivity index (χ3v) is 9.53. The summed E-state index contributed by atoms with van der Waals surface area (Å²) in [6, 6.07) is 0.385.